The van der Waals surface area contributed by atoms with Gasteiger partial charge in [0.2, 0.25) is 5.91 Å². The molecule has 2 aromatic rings. The first kappa shape index (κ1) is 35.6. The molecule has 3 rings (SSSR count). The monoisotopic (exact) mass is 624 g/mol. The summed E-state index contributed by atoms with van der Waals surface area (Å²) in [5.41, 5.74) is 11.6. The van der Waals surface area contributed by atoms with Crippen LogP contribution in [-0.2, 0) is 20.8 Å². The molecular weight excluding hydrogens is 579 g/mol. The molecule has 5 N–H and O–H groups in total. The summed E-state index contributed by atoms with van der Waals surface area (Å²) in [5, 5.41) is 2.67. The van der Waals surface area contributed by atoms with Gasteiger partial charge < -0.3 is 31.2 Å². The van der Waals surface area contributed by atoms with Crippen molar-refractivity contribution in [1.29, 1.82) is 0 Å². The number of ether oxygens (including phenoxy) is 2. The molecule has 0 bridgehead atoms. The number of nitrogens with one attached hydrogen (secondary N) is 1. The fourth-order valence-corrected chi connectivity index (χ4v) is 4.67. The first-order valence-corrected chi connectivity index (χ1v) is 15.1. The van der Waals surface area contributed by atoms with Gasteiger partial charge in [0.25, 0.3) is 11.8 Å². The van der Waals surface area contributed by atoms with Crippen molar-refractivity contribution in [1.82, 2.24) is 20.1 Å². The van der Waals surface area contributed by atoms with Crippen LogP contribution in [-0.4, -0.2) is 96.2 Å². The average Bonchev–Trinajstić information content (AvgIpc) is 2.99. The summed E-state index contributed by atoms with van der Waals surface area (Å²) < 4.78 is 24.9. The standard InChI is InChI=1S/C33H45FN6O5/c1-32(2,11-13-35)44-19-12-33(3,4)45-23-28(41)37-14-5-6-25-20-26(21-38-29(25)30(36)42)31(43)40-17-15-39(16-18-40)22-24-7-9-27(34)10-8-24/h7-10,20-21H,11-19,22-23,35H2,1-4H3,(H2,36,42)(H,37,41). The van der Waals surface area contributed by atoms with E-state index >= 15 is 0 Å². The first-order valence-electron chi connectivity index (χ1n) is 15.1. The van der Waals surface area contributed by atoms with Crippen molar-refractivity contribution in [2.75, 3.05) is 52.5 Å². The number of nitrogens with two attached hydrogens (primary N) is 2. The summed E-state index contributed by atoms with van der Waals surface area (Å²) in [6, 6.07) is 7.88. The summed E-state index contributed by atoms with van der Waals surface area (Å²) in [6.07, 6.45) is 2.66. The number of amides is 3. The number of primary amides is 1. The lowest BCUT2D eigenvalue weighted by atomic mass is 10.0. The Labute approximate surface area is 264 Å². The van der Waals surface area contributed by atoms with E-state index in [1.54, 1.807) is 17.0 Å². The van der Waals surface area contributed by atoms with Gasteiger partial charge >= 0.3 is 0 Å². The van der Waals surface area contributed by atoms with Gasteiger partial charge in [-0.1, -0.05) is 24.0 Å². The zero-order valence-corrected chi connectivity index (χ0v) is 26.7. The number of benzene rings is 1. The fraction of sp³-hybridized carbons (Fsp3) is 0.515. The Hall–Kier alpha value is -3.89. The summed E-state index contributed by atoms with van der Waals surface area (Å²) >= 11 is 0. The second kappa shape index (κ2) is 16.4. The third-order valence-corrected chi connectivity index (χ3v) is 7.48. The summed E-state index contributed by atoms with van der Waals surface area (Å²) in [7, 11) is 0. The third-order valence-electron chi connectivity index (χ3n) is 7.48. The number of nitrogens with zero attached hydrogens (tertiary/aromatic N) is 3. The molecule has 11 nitrogen and oxygen atoms in total. The molecule has 12 heteroatoms. The minimum Gasteiger partial charge on any atom is -0.375 e. The highest BCUT2D eigenvalue weighted by molar-refractivity contribution is 5.97. The maximum Gasteiger partial charge on any atom is 0.268 e. The van der Waals surface area contributed by atoms with Crippen LogP contribution in [0.15, 0.2) is 36.5 Å². The number of carbonyl (C=O) groups excluding carboxylic acids is 3. The second-order valence-electron chi connectivity index (χ2n) is 12.2. The maximum absolute atomic E-state index is 13.2. The van der Waals surface area contributed by atoms with Crippen molar-refractivity contribution < 1.29 is 28.2 Å². The van der Waals surface area contributed by atoms with Gasteiger partial charge in [0.05, 0.1) is 35.5 Å². The zero-order valence-electron chi connectivity index (χ0n) is 26.7. The van der Waals surface area contributed by atoms with Gasteiger partial charge in [-0.2, -0.15) is 0 Å². The van der Waals surface area contributed by atoms with Crippen molar-refractivity contribution in [3.8, 4) is 11.8 Å². The smallest absolute Gasteiger partial charge is 0.268 e. The van der Waals surface area contributed by atoms with E-state index in [1.807, 2.05) is 27.7 Å². The quantitative estimate of drug-likeness (QED) is 0.270. The molecule has 1 aromatic carbocycles. The van der Waals surface area contributed by atoms with Crippen LogP contribution in [0.5, 0.6) is 0 Å². The molecule has 2 heterocycles. The molecule has 45 heavy (non-hydrogen) atoms. The lowest BCUT2D eigenvalue weighted by molar-refractivity contribution is -0.133. The molecule has 1 aliphatic heterocycles. The molecule has 0 radical (unpaired) electrons. The maximum atomic E-state index is 13.2. The number of pyridine rings is 1. The van der Waals surface area contributed by atoms with Crippen molar-refractivity contribution in [2.24, 2.45) is 11.5 Å². The van der Waals surface area contributed by atoms with Crippen LogP contribution in [0.2, 0.25) is 0 Å². The number of hydrogen-bond donors (Lipinski definition) is 3. The van der Waals surface area contributed by atoms with Crippen LogP contribution in [0, 0.1) is 17.7 Å². The van der Waals surface area contributed by atoms with Gasteiger partial charge in [0.1, 0.15) is 18.1 Å². The highest BCUT2D eigenvalue weighted by Gasteiger charge is 2.25. The number of aromatic nitrogens is 1. The second-order valence-corrected chi connectivity index (χ2v) is 12.2. The molecule has 1 aliphatic rings. The minimum absolute atomic E-state index is 0.00853. The lowest BCUT2D eigenvalue weighted by Crippen LogP contribution is -2.48. The Morgan fingerprint density at radius 1 is 1.02 bits per heavy atom. The Kier molecular flexibility index (Phi) is 13.0. The van der Waals surface area contributed by atoms with Crippen LogP contribution in [0.1, 0.15) is 72.5 Å². The van der Waals surface area contributed by atoms with E-state index < -0.39 is 11.5 Å². The number of piperazine rings is 1. The van der Waals surface area contributed by atoms with Crippen LogP contribution >= 0.6 is 0 Å². The largest absolute Gasteiger partial charge is 0.375 e. The van der Waals surface area contributed by atoms with E-state index in [0.717, 1.165) is 12.0 Å². The van der Waals surface area contributed by atoms with Gasteiger partial charge in [0.15, 0.2) is 0 Å². The van der Waals surface area contributed by atoms with Gasteiger partial charge in [-0.3, -0.25) is 19.3 Å². The molecule has 1 saturated heterocycles. The molecule has 0 spiro atoms. The fourth-order valence-electron chi connectivity index (χ4n) is 4.67. The summed E-state index contributed by atoms with van der Waals surface area (Å²) in [4.78, 5) is 45.6. The van der Waals surface area contributed by atoms with Crippen LogP contribution in [0.4, 0.5) is 4.39 Å². The molecule has 3 amide bonds. The Morgan fingerprint density at radius 2 is 1.69 bits per heavy atom. The highest BCUT2D eigenvalue weighted by Crippen LogP contribution is 2.19. The molecule has 0 saturated carbocycles. The summed E-state index contributed by atoms with van der Waals surface area (Å²) in [5.74, 6) is 3.98. The Balaban J connectivity index is 1.50. The third kappa shape index (κ3) is 11.9. The van der Waals surface area contributed by atoms with Crippen molar-refractivity contribution >= 4 is 17.7 Å². The molecule has 0 atom stereocenters. The van der Waals surface area contributed by atoms with Gasteiger partial charge in [0, 0.05) is 38.9 Å². The molecule has 0 aliphatic carbocycles. The molecule has 244 valence electrons. The van der Waals surface area contributed by atoms with E-state index in [0.29, 0.717) is 52.3 Å². The zero-order chi connectivity index (χ0) is 33.0. The molecule has 1 aromatic heterocycles. The lowest BCUT2D eigenvalue weighted by Gasteiger charge is -2.34. The average molecular weight is 625 g/mol. The van der Waals surface area contributed by atoms with Crippen LogP contribution in [0.25, 0.3) is 0 Å². The number of carbonyl (C=O) groups is 3. The highest BCUT2D eigenvalue weighted by atomic mass is 19.1. The van der Waals surface area contributed by atoms with E-state index in [1.165, 1.54) is 24.4 Å². The predicted molar refractivity (Wildman–Crippen MR) is 169 cm³/mol. The first-order chi connectivity index (χ1) is 21.3. The van der Waals surface area contributed by atoms with E-state index in [2.05, 4.69) is 27.0 Å². The van der Waals surface area contributed by atoms with Gasteiger partial charge in [-0.05, 0) is 70.8 Å². The van der Waals surface area contributed by atoms with Crippen LogP contribution < -0.4 is 16.8 Å². The Morgan fingerprint density at radius 3 is 2.33 bits per heavy atom. The van der Waals surface area contributed by atoms with E-state index in [4.69, 9.17) is 20.9 Å². The number of rotatable bonds is 14. The van der Waals surface area contributed by atoms with Crippen molar-refractivity contribution in [2.45, 2.75) is 58.3 Å². The molecule has 1 fully saturated rings. The normalized spacial score (nSPS) is 14.0. The van der Waals surface area contributed by atoms with E-state index in [-0.39, 0.29) is 53.2 Å². The topological polar surface area (TPSA) is 153 Å². The molecule has 0 unspecified atom stereocenters. The Bertz CT molecular complexity index is 1380. The number of halogens is 1. The SMILES string of the molecule is CC(C)(CCN)OCCC(C)(C)OCC(=O)NCC#Cc1cc(C(=O)N2CCN(Cc3ccc(F)cc3)CC2)cnc1C(N)=O. The minimum atomic E-state index is -0.775. The van der Waals surface area contributed by atoms with Crippen molar-refractivity contribution in [3.05, 3.63) is 64.7 Å². The predicted octanol–water partition coefficient (Wildman–Crippen LogP) is 2.07. The van der Waals surface area contributed by atoms with Gasteiger partial charge in [-0.25, -0.2) is 9.37 Å². The van der Waals surface area contributed by atoms with Crippen molar-refractivity contribution in [3.63, 3.8) is 0 Å². The van der Waals surface area contributed by atoms with E-state index in [9.17, 15) is 18.8 Å². The number of hydrogen-bond acceptors (Lipinski definition) is 8. The summed E-state index contributed by atoms with van der Waals surface area (Å²) in [6.45, 7) is 11.6. The van der Waals surface area contributed by atoms with Gasteiger partial charge in [-0.15, -0.1) is 0 Å². The van der Waals surface area contributed by atoms with Crippen LogP contribution in [0.3, 0.4) is 0 Å². The molecular formula is C33H45FN6O5.